The zero-order valence-electron chi connectivity index (χ0n) is 18.7. The maximum atomic E-state index is 12.8. The number of hydrogen-bond acceptors (Lipinski definition) is 8. The van der Waals surface area contributed by atoms with Gasteiger partial charge in [0.25, 0.3) is 0 Å². The number of furan rings is 1. The van der Waals surface area contributed by atoms with Crippen LogP contribution in [0.15, 0.2) is 74.7 Å². The van der Waals surface area contributed by atoms with E-state index in [0.29, 0.717) is 38.5 Å². The fraction of sp³-hybridized carbons (Fsp3) is 0.167. The summed E-state index contributed by atoms with van der Waals surface area (Å²) >= 11 is 5.80. The van der Waals surface area contributed by atoms with Gasteiger partial charge in [0, 0.05) is 17.5 Å². The fourth-order valence-electron chi connectivity index (χ4n) is 3.28. The highest BCUT2D eigenvalue weighted by molar-refractivity contribution is 9.10. The molecule has 11 heteroatoms. The topological polar surface area (TPSA) is 99.2 Å². The summed E-state index contributed by atoms with van der Waals surface area (Å²) in [5, 5.41) is 14.1. The van der Waals surface area contributed by atoms with Crippen molar-refractivity contribution in [3.05, 3.63) is 70.7 Å². The average Bonchev–Trinajstić information content (AvgIpc) is 3.57. The Morgan fingerprint density at radius 2 is 2.06 bits per heavy atom. The number of carbonyl (C=O) groups is 2. The lowest BCUT2D eigenvalue weighted by molar-refractivity contribution is -0.113. The molecule has 0 fully saturated rings. The van der Waals surface area contributed by atoms with Gasteiger partial charge in [0.05, 0.1) is 12.4 Å². The molecular formula is C24H21BrN4O4S2. The molecule has 0 bridgehead atoms. The number of allylic oxidation sites excluding steroid dienone is 1. The number of nitrogens with one attached hydrogen (secondary N) is 1. The van der Waals surface area contributed by atoms with Crippen LogP contribution in [-0.2, 0) is 16.1 Å². The second kappa shape index (κ2) is 11.5. The average molecular weight is 573 g/mol. The number of amides is 1. The number of thioether (sulfide) groups is 1. The molecule has 0 saturated heterocycles. The van der Waals surface area contributed by atoms with E-state index in [1.54, 1.807) is 25.1 Å². The van der Waals surface area contributed by atoms with Gasteiger partial charge in [0.15, 0.2) is 15.6 Å². The molecule has 0 radical (unpaired) electrons. The van der Waals surface area contributed by atoms with Crippen LogP contribution in [0.5, 0.6) is 0 Å². The molecule has 1 aromatic carbocycles. The molecule has 8 nitrogen and oxygen atoms in total. The predicted molar refractivity (Wildman–Crippen MR) is 141 cm³/mol. The van der Waals surface area contributed by atoms with Gasteiger partial charge in [-0.2, -0.15) is 0 Å². The molecule has 0 saturated carbocycles. The number of thiophene rings is 1. The van der Waals surface area contributed by atoms with Crippen molar-refractivity contribution >= 4 is 55.9 Å². The Bertz CT molecular complexity index is 1350. The molecule has 4 rings (SSSR count). The fourth-order valence-corrected chi connectivity index (χ4v) is 5.31. The van der Waals surface area contributed by atoms with Gasteiger partial charge in [0.2, 0.25) is 11.7 Å². The van der Waals surface area contributed by atoms with Crippen LogP contribution in [0.4, 0.5) is 5.00 Å². The minimum atomic E-state index is -0.476. The lowest BCUT2D eigenvalue weighted by Crippen LogP contribution is -2.17. The van der Waals surface area contributed by atoms with E-state index < -0.39 is 5.97 Å². The summed E-state index contributed by atoms with van der Waals surface area (Å²) in [5.74, 6) is 0.397. The summed E-state index contributed by atoms with van der Waals surface area (Å²) in [4.78, 5) is 25.6. The van der Waals surface area contributed by atoms with E-state index in [1.807, 2.05) is 40.3 Å². The number of rotatable bonds is 10. The van der Waals surface area contributed by atoms with Crippen LogP contribution in [-0.4, -0.2) is 39.0 Å². The van der Waals surface area contributed by atoms with Crippen molar-refractivity contribution < 1.29 is 18.7 Å². The molecule has 4 aromatic rings. The Hall–Kier alpha value is -3.15. The molecule has 0 spiro atoms. The minimum Gasteiger partial charge on any atom is -0.462 e. The first-order valence-corrected chi connectivity index (χ1v) is 13.2. The van der Waals surface area contributed by atoms with E-state index in [-0.39, 0.29) is 18.3 Å². The van der Waals surface area contributed by atoms with Crippen LogP contribution in [0.25, 0.3) is 22.7 Å². The van der Waals surface area contributed by atoms with E-state index in [4.69, 9.17) is 9.15 Å². The Morgan fingerprint density at radius 1 is 1.26 bits per heavy atom. The van der Waals surface area contributed by atoms with E-state index in [0.717, 1.165) is 11.1 Å². The largest absolute Gasteiger partial charge is 0.462 e. The number of esters is 1. The van der Waals surface area contributed by atoms with Gasteiger partial charge < -0.3 is 14.5 Å². The molecule has 1 N–H and O–H groups in total. The smallest absolute Gasteiger partial charge is 0.341 e. The molecule has 3 aromatic heterocycles. The first-order valence-electron chi connectivity index (χ1n) is 10.6. The third-order valence-electron chi connectivity index (χ3n) is 4.76. The summed E-state index contributed by atoms with van der Waals surface area (Å²) in [7, 11) is 0. The number of halogens is 1. The Labute approximate surface area is 218 Å². The number of hydrogen-bond donors (Lipinski definition) is 1. The number of nitrogens with zero attached hydrogens (tertiary/aromatic N) is 3. The number of ether oxygens (including phenoxy) is 1. The molecule has 35 heavy (non-hydrogen) atoms. The van der Waals surface area contributed by atoms with Crippen LogP contribution in [0.2, 0.25) is 0 Å². The second-order valence-electron chi connectivity index (χ2n) is 7.09. The summed E-state index contributed by atoms with van der Waals surface area (Å²) < 4.78 is 13.3. The SMILES string of the molecule is C=CCn1c(SCC(=O)Nc2scc(-c3ccccc3)c2C(=O)OCC)nnc1-c1ccc(Br)o1. The van der Waals surface area contributed by atoms with Gasteiger partial charge in [-0.15, -0.1) is 28.1 Å². The summed E-state index contributed by atoms with van der Waals surface area (Å²) in [6, 6.07) is 13.1. The number of benzene rings is 1. The highest BCUT2D eigenvalue weighted by Gasteiger charge is 2.23. The summed E-state index contributed by atoms with van der Waals surface area (Å²) in [5.41, 5.74) is 1.94. The highest BCUT2D eigenvalue weighted by Crippen LogP contribution is 2.36. The Balaban J connectivity index is 1.51. The van der Waals surface area contributed by atoms with Crippen molar-refractivity contribution in [3.63, 3.8) is 0 Å². The molecule has 0 unspecified atom stereocenters. The summed E-state index contributed by atoms with van der Waals surface area (Å²) in [6.07, 6.45) is 1.72. The van der Waals surface area contributed by atoms with E-state index in [2.05, 4.69) is 38.0 Å². The Kier molecular flexibility index (Phi) is 8.21. The van der Waals surface area contributed by atoms with Gasteiger partial charge in [-0.25, -0.2) is 4.79 Å². The number of aromatic nitrogens is 3. The van der Waals surface area contributed by atoms with E-state index >= 15 is 0 Å². The number of carbonyl (C=O) groups excluding carboxylic acids is 2. The first kappa shape index (κ1) is 25.0. The van der Waals surface area contributed by atoms with Crippen LogP contribution in [0.1, 0.15) is 17.3 Å². The standard InChI is InChI=1S/C24H21BrN4O4S2/c1-3-12-29-21(17-10-11-18(25)33-17)27-28-24(29)35-14-19(30)26-22-20(23(31)32-4-2)16(13-34-22)15-8-6-5-7-9-15/h3,5-11,13H,1,4,12,14H2,2H3,(H,26,30). The molecule has 0 aliphatic carbocycles. The monoisotopic (exact) mass is 572 g/mol. The van der Waals surface area contributed by atoms with Crippen LogP contribution in [0.3, 0.4) is 0 Å². The zero-order valence-corrected chi connectivity index (χ0v) is 21.9. The summed E-state index contributed by atoms with van der Waals surface area (Å²) in [6.45, 7) is 6.22. The minimum absolute atomic E-state index is 0.0674. The molecule has 1 amide bonds. The maximum absolute atomic E-state index is 12.8. The highest BCUT2D eigenvalue weighted by atomic mass is 79.9. The van der Waals surface area contributed by atoms with E-state index in [9.17, 15) is 9.59 Å². The molecule has 0 aliphatic heterocycles. The molecule has 0 atom stereocenters. The van der Waals surface area contributed by atoms with Gasteiger partial charge in [0.1, 0.15) is 10.6 Å². The van der Waals surface area contributed by atoms with Gasteiger partial charge in [-0.1, -0.05) is 48.2 Å². The van der Waals surface area contributed by atoms with Crippen molar-refractivity contribution in [1.82, 2.24) is 14.8 Å². The quantitative estimate of drug-likeness (QED) is 0.139. The predicted octanol–water partition coefficient (Wildman–Crippen LogP) is 6.12. The molecule has 3 heterocycles. The van der Waals surface area contributed by atoms with Gasteiger partial charge in [-0.3, -0.25) is 9.36 Å². The van der Waals surface area contributed by atoms with Crippen molar-refractivity contribution in [1.29, 1.82) is 0 Å². The number of anilines is 1. The van der Waals surface area contributed by atoms with Crippen LogP contribution < -0.4 is 5.32 Å². The zero-order chi connectivity index (χ0) is 24.8. The molecule has 180 valence electrons. The lowest BCUT2D eigenvalue weighted by atomic mass is 10.0. The van der Waals surface area contributed by atoms with Crippen LogP contribution >= 0.6 is 39.0 Å². The first-order chi connectivity index (χ1) is 17.0. The van der Waals surface area contributed by atoms with Gasteiger partial charge >= 0.3 is 5.97 Å². The van der Waals surface area contributed by atoms with Crippen molar-refractivity contribution in [2.24, 2.45) is 0 Å². The van der Waals surface area contributed by atoms with Gasteiger partial charge in [-0.05, 0) is 40.5 Å². The molecular weight excluding hydrogens is 552 g/mol. The second-order valence-corrected chi connectivity index (χ2v) is 9.69. The van der Waals surface area contributed by atoms with Crippen molar-refractivity contribution in [3.8, 4) is 22.7 Å². The van der Waals surface area contributed by atoms with E-state index in [1.165, 1.54) is 23.1 Å². The maximum Gasteiger partial charge on any atom is 0.341 e. The normalized spacial score (nSPS) is 10.8. The third-order valence-corrected chi connectivity index (χ3v) is 7.05. The van der Waals surface area contributed by atoms with Crippen molar-refractivity contribution in [2.75, 3.05) is 17.7 Å². The van der Waals surface area contributed by atoms with Crippen LogP contribution in [0, 0.1) is 0 Å². The lowest BCUT2D eigenvalue weighted by Gasteiger charge is -2.09. The Morgan fingerprint density at radius 3 is 2.74 bits per heavy atom. The van der Waals surface area contributed by atoms with Crippen molar-refractivity contribution in [2.45, 2.75) is 18.6 Å². The third kappa shape index (κ3) is 5.75. The molecule has 0 aliphatic rings.